The number of phosphoric acid groups is 1. The van der Waals surface area contributed by atoms with Crippen molar-refractivity contribution in [2.75, 3.05) is 0 Å². The second-order valence-corrected chi connectivity index (χ2v) is 3.62. The fraction of sp³-hybridized carbons (Fsp3) is 0.143. The summed E-state index contributed by atoms with van der Waals surface area (Å²) >= 11 is 0. The summed E-state index contributed by atoms with van der Waals surface area (Å²) in [4.78, 5) is 29.9. The van der Waals surface area contributed by atoms with Crippen molar-refractivity contribution in [3.8, 4) is 0 Å². The van der Waals surface area contributed by atoms with Gasteiger partial charge in [-0.3, -0.25) is 9.69 Å². The summed E-state index contributed by atoms with van der Waals surface area (Å²) in [7, 11) is -4.57. The highest BCUT2D eigenvalue weighted by atomic mass is 31.2. The van der Waals surface area contributed by atoms with Crippen LogP contribution in [0, 0.1) is 0 Å². The Balaban J connectivity index is 4.36. The summed E-state index contributed by atoms with van der Waals surface area (Å²) in [5.41, 5.74) is -0.468. The zero-order chi connectivity index (χ0) is 12.1. The van der Waals surface area contributed by atoms with Crippen molar-refractivity contribution in [3.63, 3.8) is 0 Å². The van der Waals surface area contributed by atoms with Crippen LogP contribution in [-0.2, 0) is 23.2 Å². The molecule has 2 N–H and O–H groups in total. The molecule has 84 valence electrons. The molecule has 0 aromatic carbocycles. The Morgan fingerprint density at radius 1 is 1.47 bits per heavy atom. The Kier molecular flexibility index (Phi) is 4.77. The topological polar surface area (TPSA) is 110 Å². The van der Waals surface area contributed by atoms with E-state index in [9.17, 15) is 14.2 Å². The minimum absolute atomic E-state index is 0.468. The SMILES string of the molecule is C=COP(=O)(O)OC(=O)C(=C)CC(=O)O. The van der Waals surface area contributed by atoms with Crippen LogP contribution < -0.4 is 0 Å². The first-order chi connectivity index (χ1) is 6.78. The molecule has 0 bridgehead atoms. The van der Waals surface area contributed by atoms with Crippen molar-refractivity contribution in [3.05, 3.63) is 25.0 Å². The normalized spacial score (nSPS) is 13.4. The second-order valence-electron chi connectivity index (χ2n) is 2.29. The van der Waals surface area contributed by atoms with Crippen LogP contribution in [0.15, 0.2) is 25.0 Å². The number of carboxylic acid groups (broad SMARTS) is 1. The number of rotatable bonds is 6. The zero-order valence-electron chi connectivity index (χ0n) is 7.58. The van der Waals surface area contributed by atoms with Gasteiger partial charge in [0.2, 0.25) is 0 Å². The van der Waals surface area contributed by atoms with E-state index >= 15 is 0 Å². The van der Waals surface area contributed by atoms with Crippen molar-refractivity contribution in [1.82, 2.24) is 0 Å². The molecule has 0 aliphatic rings. The van der Waals surface area contributed by atoms with Gasteiger partial charge in [-0.25, -0.2) is 9.36 Å². The zero-order valence-corrected chi connectivity index (χ0v) is 8.48. The summed E-state index contributed by atoms with van der Waals surface area (Å²) in [5, 5.41) is 8.29. The smallest absolute Gasteiger partial charge is 0.481 e. The molecule has 0 aromatic rings. The maximum Gasteiger partial charge on any atom is 0.586 e. The third kappa shape index (κ3) is 5.66. The minimum atomic E-state index is -4.57. The molecule has 0 fully saturated rings. The molecule has 1 unspecified atom stereocenters. The molecule has 15 heavy (non-hydrogen) atoms. The van der Waals surface area contributed by atoms with Crippen molar-refractivity contribution in [1.29, 1.82) is 0 Å². The Hall–Kier alpha value is -1.59. The fourth-order valence-electron chi connectivity index (χ4n) is 0.540. The Morgan fingerprint density at radius 3 is 2.40 bits per heavy atom. The predicted molar refractivity (Wildman–Crippen MR) is 48.6 cm³/mol. The molecule has 7 nitrogen and oxygen atoms in total. The number of phosphoric ester groups is 1. The van der Waals surface area contributed by atoms with Crippen LogP contribution in [0.2, 0.25) is 0 Å². The number of aliphatic carboxylic acids is 1. The lowest BCUT2D eigenvalue weighted by Crippen LogP contribution is -2.09. The molecule has 0 aliphatic carbocycles. The van der Waals surface area contributed by atoms with Crippen LogP contribution in [0.3, 0.4) is 0 Å². The molecular formula is C7H9O7P. The van der Waals surface area contributed by atoms with Crippen molar-refractivity contribution in [2.45, 2.75) is 6.42 Å². The summed E-state index contributed by atoms with van der Waals surface area (Å²) in [6.07, 6.45) is -0.0685. The van der Waals surface area contributed by atoms with Crippen molar-refractivity contribution < 1.29 is 33.2 Å². The molecule has 8 heteroatoms. The molecule has 0 aromatic heterocycles. The monoisotopic (exact) mass is 236 g/mol. The van der Waals surface area contributed by atoms with Gasteiger partial charge in [-0.05, 0) is 0 Å². The molecule has 0 saturated heterocycles. The van der Waals surface area contributed by atoms with E-state index in [0.717, 1.165) is 0 Å². The van der Waals surface area contributed by atoms with E-state index in [-0.39, 0.29) is 0 Å². The van der Waals surface area contributed by atoms with E-state index in [0.29, 0.717) is 6.26 Å². The van der Waals surface area contributed by atoms with E-state index < -0.39 is 31.8 Å². The molecule has 0 spiro atoms. The fourth-order valence-corrected chi connectivity index (χ4v) is 1.11. The van der Waals surface area contributed by atoms with Crippen LogP contribution in [0.1, 0.15) is 6.42 Å². The average molecular weight is 236 g/mol. The highest BCUT2D eigenvalue weighted by Crippen LogP contribution is 2.44. The summed E-state index contributed by atoms with van der Waals surface area (Å²) in [6, 6.07) is 0. The van der Waals surface area contributed by atoms with Gasteiger partial charge in [0.25, 0.3) is 0 Å². The molecule has 0 rings (SSSR count). The lowest BCUT2D eigenvalue weighted by molar-refractivity contribution is -0.139. The third-order valence-corrected chi connectivity index (χ3v) is 1.87. The average Bonchev–Trinajstić information content (AvgIpc) is 2.01. The molecule has 1 atom stereocenters. The van der Waals surface area contributed by atoms with Crippen molar-refractivity contribution >= 4 is 19.8 Å². The van der Waals surface area contributed by atoms with E-state index in [1.807, 2.05) is 0 Å². The van der Waals surface area contributed by atoms with Crippen LogP contribution in [0.4, 0.5) is 0 Å². The van der Waals surface area contributed by atoms with Gasteiger partial charge in [0.05, 0.1) is 12.7 Å². The molecule has 0 heterocycles. The molecular weight excluding hydrogens is 227 g/mol. The van der Waals surface area contributed by atoms with Gasteiger partial charge >= 0.3 is 19.8 Å². The van der Waals surface area contributed by atoms with E-state index in [1.165, 1.54) is 0 Å². The quantitative estimate of drug-likeness (QED) is 0.399. The summed E-state index contributed by atoms with van der Waals surface area (Å²) in [5.74, 6) is -2.63. The number of hydrogen-bond acceptors (Lipinski definition) is 5. The van der Waals surface area contributed by atoms with Crippen LogP contribution in [-0.4, -0.2) is 21.9 Å². The number of carbonyl (C=O) groups excluding carboxylic acids is 1. The molecule has 0 amide bonds. The van der Waals surface area contributed by atoms with Crippen LogP contribution in [0.5, 0.6) is 0 Å². The van der Waals surface area contributed by atoms with Gasteiger partial charge in [-0.1, -0.05) is 13.2 Å². The molecule has 0 radical (unpaired) electrons. The number of carboxylic acids is 1. The minimum Gasteiger partial charge on any atom is -0.481 e. The maximum absolute atomic E-state index is 10.9. The maximum atomic E-state index is 10.9. The lowest BCUT2D eigenvalue weighted by Gasteiger charge is -2.09. The van der Waals surface area contributed by atoms with Gasteiger partial charge in [-0.2, -0.15) is 0 Å². The van der Waals surface area contributed by atoms with Crippen molar-refractivity contribution in [2.24, 2.45) is 0 Å². The second kappa shape index (κ2) is 5.33. The first-order valence-corrected chi connectivity index (χ1v) is 5.03. The first-order valence-electron chi connectivity index (χ1n) is 3.54. The summed E-state index contributed by atoms with van der Waals surface area (Å²) in [6.45, 7) is 6.05. The lowest BCUT2D eigenvalue weighted by atomic mass is 10.2. The highest BCUT2D eigenvalue weighted by Gasteiger charge is 2.27. The molecule has 0 aliphatic heterocycles. The van der Waals surface area contributed by atoms with Crippen LogP contribution >= 0.6 is 7.82 Å². The molecule has 0 saturated carbocycles. The number of carbonyl (C=O) groups is 2. The Bertz CT molecular complexity index is 345. The Morgan fingerprint density at radius 2 is 2.00 bits per heavy atom. The Labute approximate surface area is 85.2 Å². The first kappa shape index (κ1) is 13.4. The van der Waals surface area contributed by atoms with Gasteiger partial charge in [-0.15, -0.1) is 0 Å². The van der Waals surface area contributed by atoms with E-state index in [2.05, 4.69) is 22.2 Å². The van der Waals surface area contributed by atoms with Gasteiger partial charge in [0.15, 0.2) is 0 Å². The number of hydrogen-bond donors (Lipinski definition) is 2. The van der Waals surface area contributed by atoms with Gasteiger partial charge in [0.1, 0.15) is 0 Å². The predicted octanol–water partition coefficient (Wildman–Crippen LogP) is 0.821. The highest BCUT2D eigenvalue weighted by molar-refractivity contribution is 7.48. The van der Waals surface area contributed by atoms with E-state index in [1.54, 1.807) is 0 Å². The van der Waals surface area contributed by atoms with Gasteiger partial charge in [0, 0.05) is 5.57 Å². The standard InChI is InChI=1S/C7H9O7P/c1-3-13-15(11,12)14-7(10)5(2)4-6(8)9/h3H,1-2,4H2,(H,8,9)(H,11,12). The largest absolute Gasteiger partial charge is 0.586 e. The third-order valence-electron chi connectivity index (χ3n) is 1.06. The van der Waals surface area contributed by atoms with E-state index in [4.69, 9.17) is 10.00 Å². The van der Waals surface area contributed by atoms with Gasteiger partial charge < -0.3 is 14.2 Å². The van der Waals surface area contributed by atoms with Crippen LogP contribution in [0.25, 0.3) is 0 Å². The summed E-state index contributed by atoms with van der Waals surface area (Å²) < 4.78 is 18.8.